The average molecular weight is 569 g/mol. The summed E-state index contributed by atoms with van der Waals surface area (Å²) in [6, 6.07) is 0. The van der Waals surface area contributed by atoms with Crippen LogP contribution in [0.3, 0.4) is 0 Å². The molecule has 3 aromatic heterocycles. The van der Waals surface area contributed by atoms with E-state index in [1.807, 2.05) is 58.1 Å². The Morgan fingerprint density at radius 2 is 1.43 bits per heavy atom. The number of H-pyrrole nitrogens is 3. The van der Waals surface area contributed by atoms with E-state index in [-0.39, 0.29) is 18.8 Å². The fourth-order valence-electron chi connectivity index (χ4n) is 5.98. The molecule has 0 aliphatic carbocycles. The van der Waals surface area contributed by atoms with Gasteiger partial charge < -0.3 is 35.6 Å². The molecule has 0 radical (unpaired) electrons. The molecule has 0 saturated carbocycles. The van der Waals surface area contributed by atoms with E-state index < -0.39 is 11.9 Å². The van der Waals surface area contributed by atoms with Gasteiger partial charge in [0.15, 0.2) is 0 Å². The number of aromatic nitrogens is 3. The van der Waals surface area contributed by atoms with Gasteiger partial charge in [-0.05, 0) is 98.2 Å². The Morgan fingerprint density at radius 1 is 0.786 bits per heavy atom. The fraction of sp³-hybridized carbons (Fsp3) is 0.273. The predicted octanol–water partition coefficient (Wildman–Crippen LogP) is 2.40. The van der Waals surface area contributed by atoms with E-state index in [2.05, 4.69) is 26.8 Å². The Labute approximate surface area is 242 Å². The number of fused-ring (bicyclic) bond motifs is 8. The van der Waals surface area contributed by atoms with Gasteiger partial charge >= 0.3 is 11.9 Å². The molecule has 0 unspecified atom stereocenters. The minimum atomic E-state index is -0.885. The zero-order valence-corrected chi connectivity index (χ0v) is 24.2. The highest BCUT2D eigenvalue weighted by Gasteiger charge is 2.25. The summed E-state index contributed by atoms with van der Waals surface area (Å²) >= 11 is 0. The summed E-state index contributed by atoms with van der Waals surface area (Å²) in [5, 5.41) is 35.6. The third kappa shape index (κ3) is 5.13. The second kappa shape index (κ2) is 11.2. The molecule has 5 heterocycles. The van der Waals surface area contributed by atoms with Gasteiger partial charge in [-0.3, -0.25) is 9.59 Å². The number of hydrogen-bond donors (Lipinski definition) is 7. The molecule has 3 aromatic rings. The molecular formula is C33H36N4O5. The van der Waals surface area contributed by atoms with Crippen molar-refractivity contribution in [2.24, 2.45) is 5.92 Å². The van der Waals surface area contributed by atoms with Crippen LogP contribution in [0.25, 0.3) is 30.6 Å². The standard InChI is InChI=1S/C33H36N4O5/c1-6-20-16(2)26-13-31-23(15-38)19(5)25(37-31)11-24-17(3)21(7-9-32(39)40)29(35-24)14-30-22(8-10-33(41)42)18(4)27(36-30)12-28(20)34-26/h6,11-15,20,34-38H,1,7-10H2,2-5H3,(H,39,40)(H,41,42)/b23-15-,24-11?,28-12?,29-14?,31-13?/t20-/m1/s1. The van der Waals surface area contributed by atoms with Crippen LogP contribution in [0, 0.1) is 26.7 Å². The molecule has 9 heteroatoms. The molecule has 2 aliphatic rings. The maximum absolute atomic E-state index is 11.5. The van der Waals surface area contributed by atoms with E-state index >= 15 is 0 Å². The maximum atomic E-state index is 11.5. The number of aliphatic hydroxyl groups is 1. The van der Waals surface area contributed by atoms with Crippen LogP contribution in [0.1, 0.15) is 64.7 Å². The smallest absolute Gasteiger partial charge is 0.303 e. The van der Waals surface area contributed by atoms with Gasteiger partial charge in [0.1, 0.15) is 0 Å². The van der Waals surface area contributed by atoms with Gasteiger partial charge in [0.25, 0.3) is 0 Å². The first-order chi connectivity index (χ1) is 20.0. The predicted molar refractivity (Wildman–Crippen MR) is 163 cm³/mol. The lowest BCUT2D eigenvalue weighted by Crippen LogP contribution is -2.25. The van der Waals surface area contributed by atoms with Crippen LogP contribution in [0.4, 0.5) is 0 Å². The summed E-state index contributed by atoms with van der Waals surface area (Å²) in [5.41, 5.74) is 9.84. The molecule has 1 atom stereocenters. The highest BCUT2D eigenvalue weighted by Crippen LogP contribution is 2.33. The van der Waals surface area contributed by atoms with Gasteiger partial charge in [-0.1, -0.05) is 6.08 Å². The largest absolute Gasteiger partial charge is 0.515 e. The zero-order valence-electron chi connectivity index (χ0n) is 24.2. The summed E-state index contributed by atoms with van der Waals surface area (Å²) in [5.74, 6) is -1.83. The molecular weight excluding hydrogens is 532 g/mol. The van der Waals surface area contributed by atoms with Crippen molar-refractivity contribution < 1.29 is 24.9 Å². The first-order valence-corrected chi connectivity index (χ1v) is 13.9. The summed E-state index contributed by atoms with van der Waals surface area (Å²) in [6.45, 7) is 12.0. The van der Waals surface area contributed by atoms with Crippen molar-refractivity contribution in [3.8, 4) is 0 Å². The number of allylic oxidation sites excluding steroid dienone is 2. The van der Waals surface area contributed by atoms with E-state index in [4.69, 9.17) is 0 Å². The molecule has 8 bridgehead atoms. The van der Waals surface area contributed by atoms with Crippen LogP contribution < -0.4 is 26.6 Å². The van der Waals surface area contributed by atoms with Gasteiger partial charge in [0.2, 0.25) is 0 Å². The van der Waals surface area contributed by atoms with E-state index in [0.717, 1.165) is 84.2 Å². The number of aliphatic carboxylic acids is 2. The molecule has 0 fully saturated rings. The number of carboxylic acids is 2. The molecule has 5 rings (SSSR count). The topological polar surface area (TPSA) is 154 Å². The highest BCUT2D eigenvalue weighted by molar-refractivity contribution is 5.71. The first-order valence-electron chi connectivity index (χ1n) is 13.9. The number of carbonyl (C=O) groups is 2. The molecule has 0 aromatic carbocycles. The number of aliphatic hydroxyl groups excluding tert-OH is 1. The SMILES string of the molecule is C=C[C@H]1C2=Cc3[nH]c(c(CCC(=O)O)c3C)C=c3[nH]c(c(C)c3CCC(=O)O)=Cc3[nH]c(/c(=C\O)c3C)=CC(=C1C)N2. The first kappa shape index (κ1) is 28.6. The quantitative estimate of drug-likeness (QED) is 0.217. The minimum Gasteiger partial charge on any atom is -0.515 e. The summed E-state index contributed by atoms with van der Waals surface area (Å²) < 4.78 is 0. The molecule has 9 nitrogen and oxygen atoms in total. The Balaban J connectivity index is 1.88. The van der Waals surface area contributed by atoms with Crippen molar-refractivity contribution in [1.82, 2.24) is 20.3 Å². The zero-order chi connectivity index (χ0) is 30.3. The number of hydrogen-bond acceptors (Lipinski definition) is 4. The lowest BCUT2D eigenvalue weighted by molar-refractivity contribution is -0.138. The van der Waals surface area contributed by atoms with Crippen LogP contribution in [-0.2, 0) is 22.4 Å². The van der Waals surface area contributed by atoms with Crippen LogP contribution in [0.2, 0.25) is 0 Å². The third-order valence-corrected chi connectivity index (χ3v) is 8.48. The van der Waals surface area contributed by atoms with Crippen molar-refractivity contribution in [1.29, 1.82) is 0 Å². The number of carboxylic acid groups (broad SMARTS) is 2. The van der Waals surface area contributed by atoms with Gasteiger partial charge in [0.05, 0.1) is 11.6 Å². The molecule has 2 aliphatic heterocycles. The Hall–Kier alpha value is -4.92. The molecule has 7 N–H and O–H groups in total. The lowest BCUT2D eigenvalue weighted by Gasteiger charge is -2.08. The highest BCUT2D eigenvalue weighted by atomic mass is 16.4. The lowest BCUT2D eigenvalue weighted by atomic mass is 9.97. The molecule has 218 valence electrons. The van der Waals surface area contributed by atoms with E-state index in [0.29, 0.717) is 18.1 Å². The number of nitrogens with one attached hydrogen (secondary N) is 4. The van der Waals surface area contributed by atoms with Gasteiger partial charge in [-0.25, -0.2) is 0 Å². The second-order valence-electron chi connectivity index (χ2n) is 11.0. The summed E-state index contributed by atoms with van der Waals surface area (Å²) in [6.07, 6.45) is 11.6. The Bertz CT molecular complexity index is 1940. The summed E-state index contributed by atoms with van der Waals surface area (Å²) in [4.78, 5) is 33.5. The van der Waals surface area contributed by atoms with Crippen LogP contribution >= 0.6 is 0 Å². The maximum Gasteiger partial charge on any atom is 0.303 e. The molecule has 0 spiro atoms. The normalized spacial score (nSPS) is 16.3. The van der Waals surface area contributed by atoms with Crippen LogP contribution in [0.5, 0.6) is 0 Å². The van der Waals surface area contributed by atoms with Crippen LogP contribution in [0.15, 0.2) is 29.6 Å². The minimum absolute atomic E-state index is 0.0179. The average Bonchev–Trinajstić information content (AvgIpc) is 3.59. The van der Waals surface area contributed by atoms with Crippen molar-refractivity contribution in [2.45, 2.75) is 53.4 Å². The number of rotatable bonds is 7. The molecule has 42 heavy (non-hydrogen) atoms. The molecule has 0 saturated heterocycles. The van der Waals surface area contributed by atoms with Gasteiger partial charge in [-0.2, -0.15) is 0 Å². The van der Waals surface area contributed by atoms with E-state index in [1.165, 1.54) is 0 Å². The Morgan fingerprint density at radius 3 is 2.07 bits per heavy atom. The van der Waals surface area contributed by atoms with Crippen LogP contribution in [-0.4, -0.2) is 42.2 Å². The van der Waals surface area contributed by atoms with Crippen molar-refractivity contribution in [2.75, 3.05) is 0 Å². The monoisotopic (exact) mass is 568 g/mol. The van der Waals surface area contributed by atoms with Gasteiger partial charge in [0, 0.05) is 63.2 Å². The fourth-order valence-corrected chi connectivity index (χ4v) is 5.98. The number of aromatic amines is 3. The second-order valence-corrected chi connectivity index (χ2v) is 11.0. The van der Waals surface area contributed by atoms with E-state index in [1.54, 1.807) is 0 Å². The van der Waals surface area contributed by atoms with Gasteiger partial charge in [-0.15, -0.1) is 6.58 Å². The third-order valence-electron chi connectivity index (χ3n) is 8.48. The summed E-state index contributed by atoms with van der Waals surface area (Å²) in [7, 11) is 0. The van der Waals surface area contributed by atoms with Crippen molar-refractivity contribution in [3.63, 3.8) is 0 Å². The van der Waals surface area contributed by atoms with Crippen molar-refractivity contribution in [3.05, 3.63) is 95.8 Å². The van der Waals surface area contributed by atoms with Crippen molar-refractivity contribution >= 4 is 42.5 Å². The van der Waals surface area contributed by atoms with E-state index in [9.17, 15) is 24.9 Å². The molecule has 0 amide bonds. The Kier molecular flexibility index (Phi) is 7.60.